The Kier molecular flexibility index (Phi) is 5.74. The molecule has 4 nitrogen and oxygen atoms in total. The van der Waals surface area contributed by atoms with E-state index in [1.54, 1.807) is 24.3 Å². The zero-order valence-electron chi connectivity index (χ0n) is 13.4. The van der Waals surface area contributed by atoms with Crippen LogP contribution in [0.15, 0.2) is 52.9 Å². The Morgan fingerprint density at radius 1 is 1.00 bits per heavy atom. The van der Waals surface area contributed by atoms with Gasteiger partial charge in [0.25, 0.3) is 5.91 Å². The fourth-order valence-electron chi connectivity index (χ4n) is 2.17. The standard InChI is InChI=1S/C18H10Cl2F2N2O2S/c19-11-3-1-9(7-12(11)20)15-5-6-16(26-15)17(25)24-18(27)23-14-4-2-10(21)8-13(14)22/h1-8H,(H2,23,24,25,27). The van der Waals surface area contributed by atoms with Gasteiger partial charge in [0.05, 0.1) is 15.7 Å². The Hall–Kier alpha value is -2.48. The lowest BCUT2D eigenvalue weighted by Gasteiger charge is -2.09. The summed E-state index contributed by atoms with van der Waals surface area (Å²) >= 11 is 16.8. The van der Waals surface area contributed by atoms with Crippen LogP contribution >= 0.6 is 35.4 Å². The predicted octanol–water partition coefficient (Wildman–Crippen LogP) is 5.66. The van der Waals surface area contributed by atoms with E-state index >= 15 is 0 Å². The van der Waals surface area contributed by atoms with Gasteiger partial charge in [0.15, 0.2) is 10.9 Å². The third-order valence-electron chi connectivity index (χ3n) is 3.44. The Morgan fingerprint density at radius 3 is 2.48 bits per heavy atom. The summed E-state index contributed by atoms with van der Waals surface area (Å²) in [5.74, 6) is -1.81. The number of carbonyl (C=O) groups is 1. The maximum absolute atomic E-state index is 13.6. The fraction of sp³-hybridized carbons (Fsp3) is 0. The van der Waals surface area contributed by atoms with Gasteiger partial charge >= 0.3 is 0 Å². The summed E-state index contributed by atoms with van der Waals surface area (Å²) in [5.41, 5.74) is 0.565. The van der Waals surface area contributed by atoms with Crippen LogP contribution in [0.1, 0.15) is 10.6 Å². The maximum atomic E-state index is 13.6. The van der Waals surface area contributed by atoms with Crippen LogP contribution in [0.25, 0.3) is 11.3 Å². The van der Waals surface area contributed by atoms with Gasteiger partial charge in [0.1, 0.15) is 17.4 Å². The minimum absolute atomic E-state index is 0.0141. The first kappa shape index (κ1) is 19.3. The second kappa shape index (κ2) is 8.04. The first-order valence-electron chi connectivity index (χ1n) is 7.46. The van der Waals surface area contributed by atoms with Crippen molar-refractivity contribution in [2.45, 2.75) is 0 Å². The summed E-state index contributed by atoms with van der Waals surface area (Å²) in [6, 6.07) is 10.9. The van der Waals surface area contributed by atoms with Crippen LogP contribution < -0.4 is 10.6 Å². The third-order valence-corrected chi connectivity index (χ3v) is 4.38. The third kappa shape index (κ3) is 4.63. The average Bonchev–Trinajstić information content (AvgIpc) is 3.10. The molecular formula is C18H10Cl2F2N2O2S. The molecule has 0 radical (unpaired) electrons. The van der Waals surface area contributed by atoms with Crippen molar-refractivity contribution < 1.29 is 18.0 Å². The molecule has 2 N–H and O–H groups in total. The van der Waals surface area contributed by atoms with Crippen molar-refractivity contribution in [2.24, 2.45) is 0 Å². The maximum Gasteiger partial charge on any atom is 0.293 e. The van der Waals surface area contributed by atoms with Crippen molar-refractivity contribution in [3.05, 3.63) is 76.0 Å². The molecule has 138 valence electrons. The highest BCUT2D eigenvalue weighted by Crippen LogP contribution is 2.29. The summed E-state index contributed by atoms with van der Waals surface area (Å²) in [7, 11) is 0. The van der Waals surface area contributed by atoms with Gasteiger partial charge in [0.2, 0.25) is 0 Å². The molecule has 1 aromatic heterocycles. The van der Waals surface area contributed by atoms with Gasteiger partial charge in [-0.05, 0) is 54.7 Å². The molecule has 0 atom stereocenters. The monoisotopic (exact) mass is 426 g/mol. The van der Waals surface area contributed by atoms with Crippen LogP contribution in [-0.2, 0) is 0 Å². The van der Waals surface area contributed by atoms with E-state index < -0.39 is 17.5 Å². The summed E-state index contributed by atoms with van der Waals surface area (Å²) in [6.45, 7) is 0. The second-order valence-corrected chi connectivity index (χ2v) is 6.55. The van der Waals surface area contributed by atoms with Gasteiger partial charge in [0, 0.05) is 11.6 Å². The largest absolute Gasteiger partial charge is 0.451 e. The number of amides is 1. The number of rotatable bonds is 3. The van der Waals surface area contributed by atoms with E-state index in [1.807, 2.05) is 0 Å². The first-order chi connectivity index (χ1) is 12.8. The Labute approximate surface area is 168 Å². The summed E-state index contributed by atoms with van der Waals surface area (Å²) in [5, 5.41) is 5.41. The van der Waals surface area contributed by atoms with Gasteiger partial charge in [-0.15, -0.1) is 0 Å². The second-order valence-electron chi connectivity index (χ2n) is 5.33. The minimum atomic E-state index is -0.841. The molecule has 0 bridgehead atoms. The summed E-state index contributed by atoms with van der Waals surface area (Å²) in [6.07, 6.45) is 0. The number of furan rings is 1. The molecule has 0 unspecified atom stereocenters. The molecule has 0 aliphatic carbocycles. The van der Waals surface area contributed by atoms with Gasteiger partial charge in [-0.25, -0.2) is 8.78 Å². The van der Waals surface area contributed by atoms with Crippen LogP contribution in [-0.4, -0.2) is 11.0 Å². The van der Waals surface area contributed by atoms with Gasteiger partial charge in [-0.3, -0.25) is 10.1 Å². The van der Waals surface area contributed by atoms with Gasteiger partial charge < -0.3 is 9.73 Å². The highest BCUT2D eigenvalue weighted by atomic mass is 35.5. The fourth-order valence-corrected chi connectivity index (χ4v) is 2.67. The average molecular weight is 427 g/mol. The number of hydrogen-bond donors (Lipinski definition) is 2. The number of hydrogen-bond acceptors (Lipinski definition) is 3. The van der Waals surface area contributed by atoms with E-state index in [1.165, 1.54) is 12.1 Å². The lowest BCUT2D eigenvalue weighted by Crippen LogP contribution is -2.34. The van der Waals surface area contributed by atoms with Crippen LogP contribution in [0.2, 0.25) is 10.0 Å². The molecule has 9 heteroatoms. The molecule has 3 aromatic rings. The summed E-state index contributed by atoms with van der Waals surface area (Å²) < 4.78 is 32.0. The molecule has 1 amide bonds. The molecule has 0 saturated heterocycles. The van der Waals surface area contributed by atoms with Crippen LogP contribution in [0, 0.1) is 11.6 Å². The molecule has 2 aromatic carbocycles. The molecule has 3 rings (SSSR count). The number of thiocarbonyl (C=S) groups is 1. The van der Waals surface area contributed by atoms with Gasteiger partial charge in [-0.1, -0.05) is 23.2 Å². The molecule has 0 aliphatic rings. The highest BCUT2D eigenvalue weighted by Gasteiger charge is 2.15. The minimum Gasteiger partial charge on any atom is -0.451 e. The smallest absolute Gasteiger partial charge is 0.293 e. The van der Waals surface area contributed by atoms with Gasteiger partial charge in [-0.2, -0.15) is 0 Å². The number of anilines is 1. The van der Waals surface area contributed by atoms with Crippen molar-refractivity contribution in [3.8, 4) is 11.3 Å². The van der Waals surface area contributed by atoms with E-state index in [0.717, 1.165) is 6.07 Å². The lowest BCUT2D eigenvalue weighted by atomic mass is 10.2. The van der Waals surface area contributed by atoms with Crippen molar-refractivity contribution in [3.63, 3.8) is 0 Å². The van der Waals surface area contributed by atoms with E-state index in [2.05, 4.69) is 10.6 Å². The number of nitrogens with one attached hydrogen (secondary N) is 2. The number of benzene rings is 2. The topological polar surface area (TPSA) is 54.3 Å². The molecule has 0 fully saturated rings. The molecule has 0 aliphatic heterocycles. The van der Waals surface area contributed by atoms with E-state index in [0.29, 0.717) is 27.4 Å². The summed E-state index contributed by atoms with van der Waals surface area (Å²) in [4.78, 5) is 12.2. The van der Waals surface area contributed by atoms with Crippen LogP contribution in [0.4, 0.5) is 14.5 Å². The van der Waals surface area contributed by atoms with Crippen molar-refractivity contribution >= 4 is 52.1 Å². The van der Waals surface area contributed by atoms with Crippen LogP contribution in [0.5, 0.6) is 0 Å². The normalized spacial score (nSPS) is 10.5. The first-order valence-corrected chi connectivity index (χ1v) is 8.62. The number of carbonyl (C=O) groups excluding carboxylic acids is 1. The molecule has 1 heterocycles. The molecule has 0 spiro atoms. The van der Waals surface area contributed by atoms with E-state index in [-0.39, 0.29) is 16.6 Å². The highest BCUT2D eigenvalue weighted by molar-refractivity contribution is 7.80. The SMILES string of the molecule is O=C(NC(=S)Nc1ccc(F)cc1F)c1ccc(-c2ccc(Cl)c(Cl)c2)o1. The van der Waals surface area contributed by atoms with Crippen molar-refractivity contribution in [1.82, 2.24) is 5.32 Å². The van der Waals surface area contributed by atoms with E-state index in [4.69, 9.17) is 39.8 Å². The molecule has 27 heavy (non-hydrogen) atoms. The Morgan fingerprint density at radius 2 is 1.78 bits per heavy atom. The van der Waals surface area contributed by atoms with Crippen molar-refractivity contribution in [1.29, 1.82) is 0 Å². The van der Waals surface area contributed by atoms with E-state index in [9.17, 15) is 13.6 Å². The molecule has 0 saturated carbocycles. The lowest BCUT2D eigenvalue weighted by molar-refractivity contribution is 0.0951. The zero-order valence-corrected chi connectivity index (χ0v) is 15.7. The predicted molar refractivity (Wildman–Crippen MR) is 104 cm³/mol. The van der Waals surface area contributed by atoms with Crippen LogP contribution in [0.3, 0.4) is 0 Å². The molecular weight excluding hydrogens is 417 g/mol. The number of halogens is 4. The zero-order chi connectivity index (χ0) is 19.6. The Balaban J connectivity index is 1.68. The Bertz CT molecular complexity index is 1040. The van der Waals surface area contributed by atoms with Crippen molar-refractivity contribution in [2.75, 3.05) is 5.32 Å². The quantitative estimate of drug-likeness (QED) is 0.530.